The maximum absolute atomic E-state index is 11.9. The van der Waals surface area contributed by atoms with Crippen molar-refractivity contribution in [2.75, 3.05) is 6.61 Å². The number of aromatic nitrogens is 4. The van der Waals surface area contributed by atoms with E-state index in [1.165, 1.54) is 6.33 Å². The third-order valence-electron chi connectivity index (χ3n) is 4.99. The van der Waals surface area contributed by atoms with E-state index in [2.05, 4.69) is 15.0 Å². The van der Waals surface area contributed by atoms with Crippen LogP contribution in [0.5, 0.6) is 0 Å². The quantitative estimate of drug-likeness (QED) is 0.839. The molecule has 0 spiro atoms. The van der Waals surface area contributed by atoms with Crippen LogP contribution in [0.4, 0.5) is 0 Å². The van der Waals surface area contributed by atoms with Gasteiger partial charge in [-0.3, -0.25) is 4.79 Å². The summed E-state index contributed by atoms with van der Waals surface area (Å²) in [6.45, 7) is 5.76. The van der Waals surface area contributed by atoms with Gasteiger partial charge in [0.25, 0.3) is 5.56 Å². The predicted molar refractivity (Wildman–Crippen MR) is 80.8 cm³/mol. The molecule has 23 heavy (non-hydrogen) atoms. The van der Waals surface area contributed by atoms with Gasteiger partial charge < -0.3 is 24.1 Å². The van der Waals surface area contributed by atoms with Crippen molar-refractivity contribution in [3.05, 3.63) is 23.0 Å². The molecule has 2 aliphatic rings. The predicted octanol–water partition coefficient (Wildman–Crippen LogP) is 0.583. The number of aliphatic hydroxyl groups excluding tert-OH is 1. The Morgan fingerprint density at radius 1 is 1.43 bits per heavy atom. The van der Waals surface area contributed by atoms with Crippen LogP contribution in [0.1, 0.15) is 33.2 Å². The lowest BCUT2D eigenvalue weighted by Gasteiger charge is -2.31. The van der Waals surface area contributed by atoms with Crippen LogP contribution in [-0.4, -0.2) is 48.7 Å². The molecule has 2 N–H and O–H groups in total. The third-order valence-corrected chi connectivity index (χ3v) is 4.99. The van der Waals surface area contributed by atoms with Crippen LogP contribution in [0.25, 0.3) is 11.2 Å². The summed E-state index contributed by atoms with van der Waals surface area (Å²) in [4.78, 5) is 22.9. The highest BCUT2D eigenvalue weighted by molar-refractivity contribution is 5.69. The number of nitrogens with one attached hydrogen (secondary N) is 1. The van der Waals surface area contributed by atoms with Crippen molar-refractivity contribution in [3.63, 3.8) is 0 Å². The molecule has 8 nitrogen and oxygen atoms in total. The molecule has 2 aromatic rings. The molecule has 2 aromatic heterocycles. The average molecular weight is 320 g/mol. The van der Waals surface area contributed by atoms with Gasteiger partial charge in [0.1, 0.15) is 5.60 Å². The molecule has 0 amide bonds. The topological polar surface area (TPSA) is 102 Å². The summed E-state index contributed by atoms with van der Waals surface area (Å²) in [6, 6.07) is -0.120. The van der Waals surface area contributed by atoms with Crippen molar-refractivity contribution >= 4 is 11.2 Å². The molecule has 1 aliphatic heterocycles. The van der Waals surface area contributed by atoms with Gasteiger partial charge in [-0.15, -0.1) is 0 Å². The maximum atomic E-state index is 11.9. The summed E-state index contributed by atoms with van der Waals surface area (Å²) in [7, 11) is 0. The highest BCUT2D eigenvalue weighted by atomic mass is 16.8. The Hall–Kier alpha value is -1.77. The van der Waals surface area contributed by atoms with Crippen molar-refractivity contribution < 1.29 is 14.6 Å². The lowest BCUT2D eigenvalue weighted by molar-refractivity contribution is -0.176. The Balaban J connectivity index is 1.84. The van der Waals surface area contributed by atoms with Crippen LogP contribution in [0.15, 0.2) is 17.4 Å². The van der Waals surface area contributed by atoms with E-state index in [1.807, 2.05) is 25.3 Å². The molecule has 0 bridgehead atoms. The second kappa shape index (κ2) is 4.62. The fourth-order valence-corrected chi connectivity index (χ4v) is 4.15. The lowest BCUT2D eigenvalue weighted by atomic mass is 9.96. The third kappa shape index (κ3) is 1.98. The molecule has 0 aromatic carbocycles. The molecule has 0 unspecified atom stereocenters. The number of H-pyrrole nitrogens is 1. The van der Waals surface area contributed by atoms with E-state index in [-0.39, 0.29) is 30.2 Å². The minimum Gasteiger partial charge on any atom is -0.396 e. The fraction of sp³-hybridized carbons (Fsp3) is 0.667. The summed E-state index contributed by atoms with van der Waals surface area (Å²) >= 11 is 0. The summed E-state index contributed by atoms with van der Waals surface area (Å²) in [5.74, 6) is -0.751. The number of nitrogens with zero attached hydrogens (tertiary/aromatic N) is 3. The zero-order chi connectivity index (χ0) is 16.4. The Kier molecular flexibility index (Phi) is 2.97. The van der Waals surface area contributed by atoms with Crippen LogP contribution in [0.2, 0.25) is 0 Å². The van der Waals surface area contributed by atoms with Crippen molar-refractivity contribution in [1.29, 1.82) is 0 Å². The molecular weight excluding hydrogens is 300 g/mol. The standard InChI is InChI=1S/C15H20N4O4/c1-14(2)22-11-8(5-20)4-9(15(11,3)23-14)19-7-18-10-12(19)16-6-17-13(10)21/h6-9,11,20H,4-5H2,1-3H3,(H,16,17,21)/t8-,9-,11-,15+/m1/s1. The first kappa shape index (κ1) is 14.8. The van der Waals surface area contributed by atoms with Gasteiger partial charge in [-0.05, 0) is 27.2 Å². The van der Waals surface area contributed by atoms with Gasteiger partial charge in [0, 0.05) is 12.5 Å². The summed E-state index contributed by atoms with van der Waals surface area (Å²) in [6.07, 6.45) is 3.45. The fourth-order valence-electron chi connectivity index (χ4n) is 4.15. The highest BCUT2D eigenvalue weighted by Crippen LogP contribution is 2.54. The molecule has 3 heterocycles. The molecule has 1 saturated heterocycles. The van der Waals surface area contributed by atoms with Crippen LogP contribution >= 0.6 is 0 Å². The molecule has 1 aliphatic carbocycles. The Morgan fingerprint density at radius 2 is 2.22 bits per heavy atom. The number of aromatic amines is 1. The zero-order valence-corrected chi connectivity index (χ0v) is 13.3. The number of hydrogen-bond donors (Lipinski definition) is 2. The highest BCUT2D eigenvalue weighted by Gasteiger charge is 2.62. The molecule has 0 radical (unpaired) electrons. The first-order valence-corrected chi connectivity index (χ1v) is 7.75. The van der Waals surface area contributed by atoms with Gasteiger partial charge in [-0.2, -0.15) is 0 Å². The SMILES string of the molecule is CC1(C)O[C@@H]2[C@@H](CO)C[C@@H](n3cnc4c(=O)[nH]cnc43)[C@]2(C)O1. The minimum atomic E-state index is -0.715. The maximum Gasteiger partial charge on any atom is 0.278 e. The van der Waals surface area contributed by atoms with Crippen LogP contribution in [0.3, 0.4) is 0 Å². The Bertz CT molecular complexity index is 813. The molecule has 8 heteroatoms. The van der Waals surface area contributed by atoms with Crippen molar-refractivity contribution in [3.8, 4) is 0 Å². The second-order valence-electron chi connectivity index (χ2n) is 6.97. The first-order chi connectivity index (χ1) is 10.9. The Morgan fingerprint density at radius 3 is 2.96 bits per heavy atom. The first-order valence-electron chi connectivity index (χ1n) is 7.75. The van der Waals surface area contributed by atoms with Crippen molar-refractivity contribution in [1.82, 2.24) is 19.5 Å². The van der Waals surface area contributed by atoms with Crippen LogP contribution in [-0.2, 0) is 9.47 Å². The van der Waals surface area contributed by atoms with Crippen molar-refractivity contribution in [2.24, 2.45) is 5.92 Å². The number of rotatable bonds is 2. The summed E-state index contributed by atoms with van der Waals surface area (Å²) in [5, 5.41) is 9.74. The van der Waals surface area contributed by atoms with Gasteiger partial charge in [0.2, 0.25) is 0 Å². The van der Waals surface area contributed by atoms with Crippen LogP contribution in [0, 0.1) is 5.92 Å². The van der Waals surface area contributed by atoms with Gasteiger partial charge >= 0.3 is 0 Å². The van der Waals surface area contributed by atoms with E-state index >= 15 is 0 Å². The number of imidazole rings is 1. The van der Waals surface area contributed by atoms with E-state index in [0.29, 0.717) is 17.6 Å². The van der Waals surface area contributed by atoms with Gasteiger partial charge in [0.05, 0.1) is 24.8 Å². The molecule has 2 fully saturated rings. The number of hydrogen-bond acceptors (Lipinski definition) is 6. The zero-order valence-electron chi connectivity index (χ0n) is 13.3. The van der Waals surface area contributed by atoms with E-state index in [0.717, 1.165) is 0 Å². The van der Waals surface area contributed by atoms with Gasteiger partial charge in [0.15, 0.2) is 17.0 Å². The number of ether oxygens (including phenoxy) is 2. The molecule has 4 rings (SSSR count). The smallest absolute Gasteiger partial charge is 0.278 e. The normalized spacial score (nSPS) is 35.7. The van der Waals surface area contributed by atoms with E-state index in [4.69, 9.17) is 9.47 Å². The monoisotopic (exact) mass is 320 g/mol. The van der Waals surface area contributed by atoms with E-state index in [9.17, 15) is 9.90 Å². The van der Waals surface area contributed by atoms with E-state index in [1.54, 1.807) is 6.33 Å². The average Bonchev–Trinajstić information content (AvgIpc) is 3.07. The summed E-state index contributed by atoms with van der Waals surface area (Å²) in [5.41, 5.74) is -0.0607. The molecule has 1 saturated carbocycles. The summed E-state index contributed by atoms with van der Waals surface area (Å²) < 4.78 is 14.1. The molecule has 124 valence electrons. The largest absolute Gasteiger partial charge is 0.396 e. The second-order valence-corrected chi connectivity index (χ2v) is 6.97. The molecule has 4 atom stereocenters. The number of fused-ring (bicyclic) bond motifs is 2. The number of aliphatic hydroxyl groups is 1. The minimum absolute atomic E-state index is 0.0246. The van der Waals surface area contributed by atoms with Crippen molar-refractivity contribution in [2.45, 2.75) is 50.7 Å². The van der Waals surface area contributed by atoms with Crippen LogP contribution < -0.4 is 5.56 Å². The molecular formula is C15H20N4O4. The van der Waals surface area contributed by atoms with Gasteiger partial charge in [-0.25, -0.2) is 9.97 Å². The Labute approximate surface area is 132 Å². The van der Waals surface area contributed by atoms with Gasteiger partial charge in [-0.1, -0.05) is 0 Å². The lowest BCUT2D eigenvalue weighted by Crippen LogP contribution is -2.41. The van der Waals surface area contributed by atoms with E-state index < -0.39 is 11.4 Å².